The quantitative estimate of drug-likeness (QED) is 0.916. The minimum absolute atomic E-state index is 0.158. The lowest BCUT2D eigenvalue weighted by Gasteiger charge is -2.49. The second-order valence-corrected chi connectivity index (χ2v) is 7.88. The van der Waals surface area contributed by atoms with E-state index in [1.165, 1.54) is 10.2 Å². The fourth-order valence-electron chi connectivity index (χ4n) is 2.76. The van der Waals surface area contributed by atoms with E-state index in [0.717, 1.165) is 31.7 Å². The van der Waals surface area contributed by atoms with Crippen LogP contribution in [-0.2, 0) is 20.0 Å². The molecule has 1 aromatic heterocycles. The predicted molar refractivity (Wildman–Crippen MR) is 86.9 cm³/mol. The molecule has 114 valence electrons. The van der Waals surface area contributed by atoms with E-state index < -0.39 is 0 Å². The Morgan fingerprint density at radius 2 is 1.95 bits per heavy atom. The molecule has 0 bridgehead atoms. The van der Waals surface area contributed by atoms with Gasteiger partial charge in [-0.25, -0.2) is 0 Å². The monoisotopic (exact) mass is 342 g/mol. The maximum absolute atomic E-state index is 4.61. The summed E-state index contributed by atoms with van der Waals surface area (Å²) < 4.78 is 3.20. The van der Waals surface area contributed by atoms with Crippen molar-refractivity contribution in [3.05, 3.63) is 15.9 Å². The summed E-state index contributed by atoms with van der Waals surface area (Å²) in [6.45, 7) is 14.3. The van der Waals surface area contributed by atoms with Crippen LogP contribution >= 0.6 is 15.9 Å². The number of nitrogens with zero attached hydrogens (tertiary/aromatic N) is 3. The number of rotatable bonds is 3. The van der Waals surface area contributed by atoms with E-state index >= 15 is 0 Å². The molecule has 0 radical (unpaired) electrons. The van der Waals surface area contributed by atoms with Gasteiger partial charge in [0.1, 0.15) is 0 Å². The Kier molecular flexibility index (Phi) is 4.34. The van der Waals surface area contributed by atoms with Crippen molar-refractivity contribution < 1.29 is 0 Å². The molecule has 0 amide bonds. The van der Waals surface area contributed by atoms with Gasteiger partial charge in [0.15, 0.2) is 0 Å². The molecule has 1 fully saturated rings. The maximum atomic E-state index is 4.61. The number of halogens is 1. The van der Waals surface area contributed by atoms with Gasteiger partial charge in [-0.05, 0) is 50.0 Å². The van der Waals surface area contributed by atoms with Gasteiger partial charge in [-0.1, -0.05) is 6.92 Å². The van der Waals surface area contributed by atoms with Crippen LogP contribution in [0.4, 0.5) is 0 Å². The first kappa shape index (κ1) is 16.0. The summed E-state index contributed by atoms with van der Waals surface area (Å²) in [7, 11) is 2.04. The van der Waals surface area contributed by atoms with Crippen molar-refractivity contribution in [3.63, 3.8) is 0 Å². The predicted octanol–water partition coefficient (Wildman–Crippen LogP) is 2.71. The molecule has 0 spiro atoms. The highest BCUT2D eigenvalue weighted by Crippen LogP contribution is 2.29. The first-order valence-electron chi connectivity index (χ1n) is 7.36. The van der Waals surface area contributed by atoms with Crippen molar-refractivity contribution >= 4 is 15.9 Å². The molecular weight excluding hydrogens is 316 g/mol. The second-order valence-electron chi connectivity index (χ2n) is 7.09. The van der Waals surface area contributed by atoms with Crippen LogP contribution in [0.25, 0.3) is 0 Å². The molecule has 1 aliphatic heterocycles. The number of hydrogen-bond donors (Lipinski definition) is 1. The zero-order valence-corrected chi connectivity index (χ0v) is 15.1. The number of hydrogen-bond acceptors (Lipinski definition) is 3. The molecule has 0 aliphatic carbocycles. The first-order valence-corrected chi connectivity index (χ1v) is 8.16. The van der Waals surface area contributed by atoms with E-state index in [2.05, 4.69) is 65.9 Å². The normalized spacial score (nSPS) is 22.1. The van der Waals surface area contributed by atoms with Gasteiger partial charge in [0.05, 0.1) is 15.9 Å². The summed E-state index contributed by atoms with van der Waals surface area (Å²) in [6, 6.07) is 0. The van der Waals surface area contributed by atoms with Crippen molar-refractivity contribution in [2.75, 3.05) is 13.1 Å². The van der Waals surface area contributed by atoms with Gasteiger partial charge in [0.2, 0.25) is 0 Å². The summed E-state index contributed by atoms with van der Waals surface area (Å²) >= 11 is 3.73. The molecule has 1 N–H and O–H groups in total. The van der Waals surface area contributed by atoms with Crippen LogP contribution < -0.4 is 5.32 Å². The van der Waals surface area contributed by atoms with E-state index in [1.807, 2.05) is 11.7 Å². The van der Waals surface area contributed by atoms with Gasteiger partial charge in [0, 0.05) is 37.8 Å². The molecule has 2 heterocycles. The minimum Gasteiger partial charge on any atom is -0.309 e. The zero-order valence-electron chi connectivity index (χ0n) is 13.5. The van der Waals surface area contributed by atoms with Gasteiger partial charge >= 0.3 is 0 Å². The largest absolute Gasteiger partial charge is 0.309 e. The Morgan fingerprint density at radius 1 is 1.30 bits per heavy atom. The van der Waals surface area contributed by atoms with Gasteiger partial charge in [0.25, 0.3) is 0 Å². The summed E-state index contributed by atoms with van der Waals surface area (Å²) in [6.07, 6.45) is 0.963. The van der Waals surface area contributed by atoms with Crippen molar-refractivity contribution in [3.8, 4) is 0 Å². The minimum atomic E-state index is 0.158. The molecule has 0 atom stereocenters. The average molecular weight is 343 g/mol. The molecule has 1 saturated heterocycles. The SMILES string of the molecule is CCc1nn(C)c(CN2CC(C)(C)NCC2(C)C)c1Br. The van der Waals surface area contributed by atoms with Crippen LogP contribution in [0.15, 0.2) is 4.47 Å². The van der Waals surface area contributed by atoms with Crippen LogP contribution in [0, 0.1) is 0 Å². The van der Waals surface area contributed by atoms with E-state index in [0.29, 0.717) is 0 Å². The average Bonchev–Trinajstić information content (AvgIpc) is 2.61. The van der Waals surface area contributed by atoms with Gasteiger partial charge in [-0.2, -0.15) is 5.10 Å². The van der Waals surface area contributed by atoms with Crippen molar-refractivity contribution in [1.29, 1.82) is 0 Å². The Balaban J connectivity index is 2.25. The highest BCUT2D eigenvalue weighted by Gasteiger charge is 2.38. The van der Waals surface area contributed by atoms with Gasteiger partial charge in [-0.3, -0.25) is 9.58 Å². The van der Waals surface area contributed by atoms with Crippen molar-refractivity contribution in [2.24, 2.45) is 7.05 Å². The van der Waals surface area contributed by atoms with Gasteiger partial charge in [-0.15, -0.1) is 0 Å². The second kappa shape index (κ2) is 5.43. The highest BCUT2D eigenvalue weighted by molar-refractivity contribution is 9.10. The Bertz CT molecular complexity index is 490. The molecule has 20 heavy (non-hydrogen) atoms. The third kappa shape index (κ3) is 3.10. The number of piperazine rings is 1. The number of aryl methyl sites for hydroxylation is 2. The smallest absolute Gasteiger partial charge is 0.0767 e. The molecule has 0 unspecified atom stereocenters. The lowest BCUT2D eigenvalue weighted by molar-refractivity contribution is 0.0303. The number of nitrogens with one attached hydrogen (secondary N) is 1. The zero-order chi connectivity index (χ0) is 15.1. The summed E-state index contributed by atoms with van der Waals surface area (Å²) in [5, 5.41) is 8.24. The molecule has 4 nitrogen and oxygen atoms in total. The van der Waals surface area contributed by atoms with E-state index in [-0.39, 0.29) is 11.1 Å². The summed E-state index contributed by atoms with van der Waals surface area (Å²) in [5.74, 6) is 0. The topological polar surface area (TPSA) is 33.1 Å². The molecule has 5 heteroatoms. The summed E-state index contributed by atoms with van der Waals surface area (Å²) in [5.41, 5.74) is 2.74. The lowest BCUT2D eigenvalue weighted by atomic mass is 9.91. The Hall–Kier alpha value is -0.390. The van der Waals surface area contributed by atoms with Crippen molar-refractivity contribution in [1.82, 2.24) is 20.0 Å². The molecule has 1 aliphatic rings. The van der Waals surface area contributed by atoms with E-state index in [1.54, 1.807) is 0 Å². The van der Waals surface area contributed by atoms with Crippen LogP contribution in [0.1, 0.15) is 46.0 Å². The van der Waals surface area contributed by atoms with Crippen LogP contribution in [0.3, 0.4) is 0 Å². The Labute approximate surface area is 131 Å². The number of aromatic nitrogens is 2. The van der Waals surface area contributed by atoms with Crippen molar-refractivity contribution in [2.45, 2.75) is 58.7 Å². The van der Waals surface area contributed by atoms with Crippen LogP contribution in [0.2, 0.25) is 0 Å². The maximum Gasteiger partial charge on any atom is 0.0767 e. The highest BCUT2D eigenvalue weighted by atomic mass is 79.9. The van der Waals surface area contributed by atoms with E-state index in [4.69, 9.17) is 0 Å². The molecule has 0 saturated carbocycles. The Morgan fingerprint density at radius 3 is 2.50 bits per heavy atom. The molecular formula is C15H27BrN4. The third-order valence-corrected chi connectivity index (χ3v) is 5.20. The lowest BCUT2D eigenvalue weighted by Crippen LogP contribution is -2.65. The standard InChI is InChI=1S/C15H27BrN4/c1-7-11-13(16)12(19(6)18-11)8-20-10-14(2,3)17-9-15(20,4)5/h17H,7-10H2,1-6H3. The molecule has 2 rings (SSSR count). The fraction of sp³-hybridized carbons (Fsp3) is 0.800. The molecule has 1 aromatic rings. The van der Waals surface area contributed by atoms with E-state index in [9.17, 15) is 0 Å². The fourth-order valence-corrected chi connectivity index (χ4v) is 3.50. The van der Waals surface area contributed by atoms with Gasteiger partial charge < -0.3 is 5.32 Å². The third-order valence-electron chi connectivity index (χ3n) is 4.29. The van der Waals surface area contributed by atoms with Crippen LogP contribution in [-0.4, -0.2) is 38.8 Å². The summed E-state index contributed by atoms with van der Waals surface area (Å²) in [4.78, 5) is 2.56. The first-order chi connectivity index (χ1) is 9.16. The van der Waals surface area contributed by atoms with Crippen LogP contribution in [0.5, 0.6) is 0 Å². The molecule has 0 aromatic carbocycles.